The van der Waals surface area contributed by atoms with Crippen LogP contribution in [-0.4, -0.2) is 50.2 Å². The molecule has 1 aliphatic carbocycles. The van der Waals surface area contributed by atoms with Crippen molar-refractivity contribution in [2.24, 2.45) is 11.5 Å². The summed E-state index contributed by atoms with van der Waals surface area (Å²) in [5.41, 5.74) is 11.4. The van der Waals surface area contributed by atoms with Gasteiger partial charge in [-0.25, -0.2) is 0 Å². The molecular formula is C22H46N4. The summed E-state index contributed by atoms with van der Waals surface area (Å²) in [7, 11) is 0. The Hall–Kier alpha value is -0.420. The Labute approximate surface area is 163 Å². The average Bonchev–Trinajstić information content (AvgIpc) is 2.63. The molecule has 0 heterocycles. The summed E-state index contributed by atoms with van der Waals surface area (Å²) < 4.78 is 0. The molecule has 1 rings (SSSR count). The molecule has 4 nitrogen and oxygen atoms in total. The highest BCUT2D eigenvalue weighted by molar-refractivity contribution is 4.81. The Balaban J connectivity index is 2.31. The van der Waals surface area contributed by atoms with Gasteiger partial charge in [0.05, 0.1) is 0 Å². The molecule has 0 aliphatic heterocycles. The van der Waals surface area contributed by atoms with Gasteiger partial charge in [0.2, 0.25) is 0 Å². The maximum Gasteiger partial charge on any atom is 0.0108 e. The Bertz CT molecular complexity index is 313. The maximum absolute atomic E-state index is 5.71. The normalized spacial score (nSPS) is 21.9. The molecule has 0 saturated heterocycles. The predicted molar refractivity (Wildman–Crippen MR) is 116 cm³/mol. The molecule has 0 amide bonds. The van der Waals surface area contributed by atoms with Crippen LogP contribution in [0.5, 0.6) is 0 Å². The smallest absolute Gasteiger partial charge is 0.0108 e. The van der Waals surface area contributed by atoms with Gasteiger partial charge < -0.3 is 16.8 Å². The van der Waals surface area contributed by atoms with E-state index in [1.165, 1.54) is 83.5 Å². The highest BCUT2D eigenvalue weighted by Crippen LogP contribution is 2.15. The van der Waals surface area contributed by atoms with Crippen molar-refractivity contribution in [3.05, 3.63) is 12.2 Å². The van der Waals surface area contributed by atoms with Gasteiger partial charge in [0.15, 0.2) is 0 Å². The van der Waals surface area contributed by atoms with Gasteiger partial charge in [-0.15, -0.1) is 0 Å². The first-order valence-electron chi connectivity index (χ1n) is 11.4. The van der Waals surface area contributed by atoms with Crippen molar-refractivity contribution in [1.82, 2.24) is 10.2 Å². The van der Waals surface area contributed by atoms with Gasteiger partial charge in [-0.2, -0.15) is 0 Å². The monoisotopic (exact) mass is 366 g/mol. The Morgan fingerprint density at radius 3 is 1.73 bits per heavy atom. The molecule has 0 bridgehead atoms. The molecule has 0 aromatic rings. The van der Waals surface area contributed by atoms with Crippen LogP contribution in [-0.2, 0) is 0 Å². The third-order valence-electron chi connectivity index (χ3n) is 5.52. The summed E-state index contributed by atoms with van der Waals surface area (Å²) in [6.07, 6.45) is 22.5. The van der Waals surface area contributed by atoms with E-state index in [9.17, 15) is 0 Å². The fourth-order valence-electron chi connectivity index (χ4n) is 3.90. The predicted octanol–water partition coefficient (Wildman–Crippen LogP) is 3.81. The van der Waals surface area contributed by atoms with Gasteiger partial charge in [0, 0.05) is 45.3 Å². The summed E-state index contributed by atoms with van der Waals surface area (Å²) >= 11 is 0. The van der Waals surface area contributed by atoms with Gasteiger partial charge in [-0.3, -0.25) is 4.90 Å². The lowest BCUT2D eigenvalue weighted by molar-refractivity contribution is 0.277. The van der Waals surface area contributed by atoms with E-state index in [0.717, 1.165) is 39.3 Å². The van der Waals surface area contributed by atoms with Crippen molar-refractivity contribution in [3.63, 3.8) is 0 Å². The zero-order chi connectivity index (χ0) is 18.7. The standard InChI is InChI=1S/C22H46N4/c23-16-19-26(20-17-24)21-18-25-22-14-12-10-8-6-4-2-1-3-5-7-9-11-13-15-22/h1-2,22,25H,3-21,23-24H2. The minimum Gasteiger partial charge on any atom is -0.329 e. The second-order valence-corrected chi connectivity index (χ2v) is 7.88. The third kappa shape index (κ3) is 13.7. The molecule has 0 saturated carbocycles. The van der Waals surface area contributed by atoms with Crippen LogP contribution in [0.25, 0.3) is 0 Å². The van der Waals surface area contributed by atoms with Gasteiger partial charge in [0.1, 0.15) is 0 Å². The minimum absolute atomic E-state index is 0.695. The number of nitrogens with two attached hydrogens (primary N) is 2. The van der Waals surface area contributed by atoms with Gasteiger partial charge in [0.25, 0.3) is 0 Å². The van der Waals surface area contributed by atoms with Crippen molar-refractivity contribution >= 4 is 0 Å². The number of allylic oxidation sites excluding steroid dienone is 2. The molecule has 1 aliphatic rings. The SMILES string of the molecule is NCCN(CCN)CCNC1CCCCCCC=CCCCCCCC1. The number of hydrogen-bond donors (Lipinski definition) is 3. The highest BCUT2D eigenvalue weighted by Gasteiger charge is 2.09. The molecule has 0 fully saturated rings. The quantitative estimate of drug-likeness (QED) is 0.572. The molecule has 0 aromatic heterocycles. The lowest BCUT2D eigenvalue weighted by Gasteiger charge is -2.24. The first-order chi connectivity index (χ1) is 12.9. The first-order valence-corrected chi connectivity index (χ1v) is 11.4. The second-order valence-electron chi connectivity index (χ2n) is 7.88. The number of rotatable bonds is 8. The summed E-state index contributed by atoms with van der Waals surface area (Å²) in [4.78, 5) is 2.38. The van der Waals surface area contributed by atoms with Crippen molar-refractivity contribution in [2.75, 3.05) is 39.3 Å². The van der Waals surface area contributed by atoms with Crippen LogP contribution >= 0.6 is 0 Å². The molecule has 1 atom stereocenters. The van der Waals surface area contributed by atoms with Crippen molar-refractivity contribution in [3.8, 4) is 0 Å². The van der Waals surface area contributed by atoms with Crippen LogP contribution in [0.3, 0.4) is 0 Å². The Kier molecular flexibility index (Phi) is 16.3. The van der Waals surface area contributed by atoms with Crippen molar-refractivity contribution in [1.29, 1.82) is 0 Å². The van der Waals surface area contributed by atoms with E-state index < -0.39 is 0 Å². The molecule has 154 valence electrons. The van der Waals surface area contributed by atoms with E-state index in [0.29, 0.717) is 6.04 Å². The molecule has 1 unspecified atom stereocenters. The van der Waals surface area contributed by atoms with Crippen LogP contribution in [0.1, 0.15) is 83.5 Å². The highest BCUT2D eigenvalue weighted by atomic mass is 15.1. The number of nitrogens with one attached hydrogen (secondary N) is 1. The minimum atomic E-state index is 0.695. The van der Waals surface area contributed by atoms with Crippen LogP contribution in [0.4, 0.5) is 0 Å². The molecule has 0 spiro atoms. The Morgan fingerprint density at radius 1 is 0.692 bits per heavy atom. The van der Waals surface area contributed by atoms with Crippen LogP contribution in [0.2, 0.25) is 0 Å². The second kappa shape index (κ2) is 18.0. The summed E-state index contributed by atoms with van der Waals surface area (Å²) in [5, 5.41) is 3.84. The van der Waals surface area contributed by atoms with E-state index in [4.69, 9.17) is 11.5 Å². The molecule has 0 radical (unpaired) electrons. The van der Waals surface area contributed by atoms with E-state index in [2.05, 4.69) is 22.4 Å². The zero-order valence-corrected chi connectivity index (χ0v) is 17.3. The number of hydrogen-bond acceptors (Lipinski definition) is 4. The fraction of sp³-hybridized carbons (Fsp3) is 0.909. The average molecular weight is 367 g/mol. The van der Waals surface area contributed by atoms with Crippen LogP contribution in [0, 0.1) is 0 Å². The van der Waals surface area contributed by atoms with E-state index in [1.807, 2.05) is 0 Å². The lowest BCUT2D eigenvalue weighted by Crippen LogP contribution is -2.41. The Morgan fingerprint density at radius 2 is 1.19 bits per heavy atom. The molecular weight excluding hydrogens is 320 g/mol. The molecule has 5 N–H and O–H groups in total. The van der Waals surface area contributed by atoms with Gasteiger partial charge in [-0.05, 0) is 38.5 Å². The molecule has 0 aromatic carbocycles. The van der Waals surface area contributed by atoms with Gasteiger partial charge >= 0.3 is 0 Å². The molecule has 26 heavy (non-hydrogen) atoms. The van der Waals surface area contributed by atoms with E-state index in [1.54, 1.807) is 0 Å². The largest absolute Gasteiger partial charge is 0.329 e. The van der Waals surface area contributed by atoms with E-state index >= 15 is 0 Å². The maximum atomic E-state index is 5.71. The van der Waals surface area contributed by atoms with Crippen LogP contribution in [0.15, 0.2) is 12.2 Å². The first kappa shape index (κ1) is 23.6. The molecule has 4 heteroatoms. The summed E-state index contributed by atoms with van der Waals surface area (Å²) in [6, 6.07) is 0.695. The van der Waals surface area contributed by atoms with E-state index in [-0.39, 0.29) is 0 Å². The van der Waals surface area contributed by atoms with Crippen LogP contribution < -0.4 is 16.8 Å². The van der Waals surface area contributed by atoms with Gasteiger partial charge in [-0.1, -0.05) is 57.1 Å². The zero-order valence-electron chi connectivity index (χ0n) is 17.3. The summed E-state index contributed by atoms with van der Waals surface area (Å²) in [6.45, 7) is 5.49. The topological polar surface area (TPSA) is 67.3 Å². The third-order valence-corrected chi connectivity index (χ3v) is 5.52. The van der Waals surface area contributed by atoms with Crippen molar-refractivity contribution in [2.45, 2.75) is 89.5 Å². The summed E-state index contributed by atoms with van der Waals surface area (Å²) in [5.74, 6) is 0. The number of nitrogens with zero attached hydrogens (tertiary/aromatic N) is 1. The fourth-order valence-corrected chi connectivity index (χ4v) is 3.90. The van der Waals surface area contributed by atoms with Crippen molar-refractivity contribution < 1.29 is 0 Å². The lowest BCUT2D eigenvalue weighted by atomic mass is 9.99.